The van der Waals surface area contributed by atoms with Crippen molar-refractivity contribution in [3.8, 4) is 0 Å². The molecular formula is C73H128O5. The Hall–Kier alpha value is -3.18. The number of aliphatic hydroxyl groups is 1. The molecule has 1 N–H and O–H groups in total. The maximum absolute atomic E-state index is 12.4. The number of hydrogen-bond donors (Lipinski definition) is 1. The molecular weight excluding hydrogens is 957 g/mol. The Balaban J connectivity index is 3.41. The van der Waals surface area contributed by atoms with Gasteiger partial charge < -0.3 is 14.6 Å². The first-order chi connectivity index (χ1) is 38.6. The van der Waals surface area contributed by atoms with Gasteiger partial charge in [-0.2, -0.15) is 0 Å². The molecule has 0 fully saturated rings. The average Bonchev–Trinajstić information content (AvgIpc) is 3.44. The highest BCUT2D eigenvalue weighted by molar-refractivity contribution is 5.70. The summed E-state index contributed by atoms with van der Waals surface area (Å²) >= 11 is 0. The molecule has 78 heavy (non-hydrogen) atoms. The lowest BCUT2D eigenvalue weighted by Gasteiger charge is -2.15. The zero-order chi connectivity index (χ0) is 56.2. The quantitative estimate of drug-likeness (QED) is 0.0373. The molecule has 0 aliphatic heterocycles. The molecule has 0 aliphatic rings. The van der Waals surface area contributed by atoms with Crippen LogP contribution < -0.4 is 0 Å². The lowest BCUT2D eigenvalue weighted by atomic mass is 10.0. The van der Waals surface area contributed by atoms with Crippen molar-refractivity contribution >= 4 is 11.9 Å². The lowest BCUT2D eigenvalue weighted by Crippen LogP contribution is -2.28. The molecule has 0 rings (SSSR count). The van der Waals surface area contributed by atoms with Crippen molar-refractivity contribution in [2.45, 2.75) is 341 Å². The van der Waals surface area contributed by atoms with Crippen molar-refractivity contribution in [3.05, 3.63) is 97.2 Å². The maximum atomic E-state index is 12.4. The minimum Gasteiger partial charge on any atom is -0.462 e. The van der Waals surface area contributed by atoms with E-state index in [1.165, 1.54) is 218 Å². The van der Waals surface area contributed by atoms with Gasteiger partial charge in [0.25, 0.3) is 0 Å². The van der Waals surface area contributed by atoms with E-state index >= 15 is 0 Å². The largest absolute Gasteiger partial charge is 0.462 e. The summed E-state index contributed by atoms with van der Waals surface area (Å²) in [6.07, 6.45) is 97.2. The minimum absolute atomic E-state index is 0.0662. The van der Waals surface area contributed by atoms with Gasteiger partial charge in [0.2, 0.25) is 0 Å². The molecule has 1 unspecified atom stereocenters. The van der Waals surface area contributed by atoms with E-state index in [0.717, 1.165) is 89.9 Å². The van der Waals surface area contributed by atoms with Crippen LogP contribution in [0.3, 0.4) is 0 Å². The van der Waals surface area contributed by atoms with Crippen LogP contribution in [0.2, 0.25) is 0 Å². The topological polar surface area (TPSA) is 72.8 Å². The Bertz CT molecular complexity index is 1460. The second-order valence-corrected chi connectivity index (χ2v) is 22.5. The van der Waals surface area contributed by atoms with Gasteiger partial charge >= 0.3 is 11.9 Å². The standard InChI is InChI=1S/C73H128O5/c1-3-5-7-9-11-13-15-17-19-21-23-25-27-29-30-31-32-33-34-35-36-37-38-39-40-41-42-44-46-48-50-52-54-56-58-60-62-64-66-68-73(76)78-71(69-74)70-77-72(75)67-65-63-61-59-57-55-53-51-49-47-45-43-28-26-24-22-20-18-16-14-12-10-8-6-4-2/h5-8,11-14,17-20,23-26,71,74H,3-4,9-10,15-16,21-22,27-70H2,1-2H3/b7-5-,8-6-,13-11-,14-12-,19-17-,20-18-,25-23-,26-24-. The summed E-state index contributed by atoms with van der Waals surface area (Å²) in [5.41, 5.74) is 0. The van der Waals surface area contributed by atoms with Gasteiger partial charge in [-0.25, -0.2) is 0 Å². The first kappa shape index (κ1) is 74.8. The first-order valence-electron chi connectivity index (χ1n) is 33.8. The fraction of sp³-hybridized carbons (Fsp3) is 0.753. The van der Waals surface area contributed by atoms with Crippen LogP contribution in [0.4, 0.5) is 0 Å². The van der Waals surface area contributed by atoms with E-state index in [1.54, 1.807) is 0 Å². The normalized spacial score (nSPS) is 12.8. The molecule has 450 valence electrons. The van der Waals surface area contributed by atoms with E-state index in [1.807, 2.05) is 0 Å². The van der Waals surface area contributed by atoms with E-state index in [2.05, 4.69) is 111 Å². The van der Waals surface area contributed by atoms with Crippen LogP contribution >= 0.6 is 0 Å². The molecule has 0 bridgehead atoms. The molecule has 1 atom stereocenters. The second-order valence-electron chi connectivity index (χ2n) is 22.5. The number of esters is 2. The highest BCUT2D eigenvalue weighted by atomic mass is 16.6. The van der Waals surface area contributed by atoms with Crippen molar-refractivity contribution < 1.29 is 24.2 Å². The summed E-state index contributed by atoms with van der Waals surface area (Å²) in [6.45, 7) is 3.95. The molecule has 0 amide bonds. The smallest absolute Gasteiger partial charge is 0.306 e. The number of unbranched alkanes of at least 4 members (excludes halogenated alkanes) is 38. The molecule has 0 radical (unpaired) electrons. The number of carbonyl (C=O) groups excluding carboxylic acids is 2. The summed E-state index contributed by atoms with van der Waals surface area (Å²) in [4.78, 5) is 24.6. The average molecular weight is 1090 g/mol. The zero-order valence-electron chi connectivity index (χ0n) is 51.7. The van der Waals surface area contributed by atoms with Gasteiger partial charge in [-0.05, 0) is 89.9 Å². The molecule has 5 heteroatoms. The van der Waals surface area contributed by atoms with Gasteiger partial charge in [0.1, 0.15) is 6.61 Å². The fourth-order valence-electron chi connectivity index (χ4n) is 9.90. The summed E-state index contributed by atoms with van der Waals surface area (Å²) < 4.78 is 10.8. The molecule has 0 spiro atoms. The van der Waals surface area contributed by atoms with Gasteiger partial charge in [0.15, 0.2) is 6.10 Å². The van der Waals surface area contributed by atoms with E-state index in [0.29, 0.717) is 12.8 Å². The number of rotatable bonds is 62. The SMILES string of the molecule is CC/C=C\C/C=C\C/C=C\C/C=C\CCCCCCCCCCCCCCCCCCCCCCCCCCCCC(=O)OC(CO)COC(=O)CCCCCCCCCCCCCC/C=C\C/C=C\C/C=C\C/C=C\CC. The number of carbonyl (C=O) groups is 2. The summed E-state index contributed by atoms with van der Waals surface area (Å²) in [5, 5.41) is 9.69. The predicted molar refractivity (Wildman–Crippen MR) is 343 cm³/mol. The van der Waals surface area contributed by atoms with Crippen molar-refractivity contribution in [3.63, 3.8) is 0 Å². The molecule has 5 nitrogen and oxygen atoms in total. The van der Waals surface area contributed by atoms with E-state index in [9.17, 15) is 14.7 Å². The molecule has 0 aromatic carbocycles. The second kappa shape index (κ2) is 68.1. The van der Waals surface area contributed by atoms with Crippen LogP contribution in [-0.4, -0.2) is 36.4 Å². The van der Waals surface area contributed by atoms with Crippen LogP contribution in [0.15, 0.2) is 97.2 Å². The Morgan fingerprint density at radius 2 is 0.513 bits per heavy atom. The van der Waals surface area contributed by atoms with Crippen LogP contribution in [-0.2, 0) is 19.1 Å². The van der Waals surface area contributed by atoms with Crippen LogP contribution in [0.1, 0.15) is 335 Å². The molecule has 0 heterocycles. The lowest BCUT2D eigenvalue weighted by molar-refractivity contribution is -0.161. The molecule has 0 saturated carbocycles. The van der Waals surface area contributed by atoms with Crippen LogP contribution in [0.25, 0.3) is 0 Å². The summed E-state index contributed by atoms with van der Waals surface area (Å²) in [7, 11) is 0. The Morgan fingerprint density at radius 1 is 0.295 bits per heavy atom. The van der Waals surface area contributed by atoms with Crippen molar-refractivity contribution in [2.24, 2.45) is 0 Å². The number of ether oxygens (including phenoxy) is 2. The highest BCUT2D eigenvalue weighted by Crippen LogP contribution is 2.18. The van der Waals surface area contributed by atoms with E-state index in [4.69, 9.17) is 9.47 Å². The van der Waals surface area contributed by atoms with Gasteiger partial charge in [-0.1, -0.05) is 329 Å². The minimum atomic E-state index is -0.776. The van der Waals surface area contributed by atoms with E-state index < -0.39 is 6.10 Å². The Morgan fingerprint density at radius 3 is 0.769 bits per heavy atom. The number of hydrogen-bond acceptors (Lipinski definition) is 5. The number of aliphatic hydroxyl groups excluding tert-OH is 1. The van der Waals surface area contributed by atoms with E-state index in [-0.39, 0.29) is 25.2 Å². The van der Waals surface area contributed by atoms with Gasteiger partial charge in [0, 0.05) is 12.8 Å². The van der Waals surface area contributed by atoms with Crippen molar-refractivity contribution in [2.75, 3.05) is 13.2 Å². The third-order valence-electron chi connectivity index (χ3n) is 14.9. The highest BCUT2D eigenvalue weighted by Gasteiger charge is 2.16. The maximum Gasteiger partial charge on any atom is 0.306 e. The van der Waals surface area contributed by atoms with Crippen molar-refractivity contribution in [1.29, 1.82) is 0 Å². The van der Waals surface area contributed by atoms with Gasteiger partial charge in [-0.3, -0.25) is 9.59 Å². The van der Waals surface area contributed by atoms with Crippen LogP contribution in [0, 0.1) is 0 Å². The third-order valence-corrected chi connectivity index (χ3v) is 14.9. The number of allylic oxidation sites excluding steroid dienone is 16. The Labute approximate surface area is 485 Å². The Kier molecular flexibility index (Phi) is 65.3. The van der Waals surface area contributed by atoms with Crippen molar-refractivity contribution in [1.82, 2.24) is 0 Å². The molecule has 0 aromatic heterocycles. The molecule has 0 saturated heterocycles. The molecule has 0 aliphatic carbocycles. The van der Waals surface area contributed by atoms with Gasteiger partial charge in [-0.15, -0.1) is 0 Å². The summed E-state index contributed by atoms with van der Waals surface area (Å²) in [5.74, 6) is -0.580. The predicted octanol–water partition coefficient (Wildman–Crippen LogP) is 23.4. The van der Waals surface area contributed by atoms with Gasteiger partial charge in [0.05, 0.1) is 6.61 Å². The fourth-order valence-corrected chi connectivity index (χ4v) is 9.90. The molecule has 0 aromatic rings. The third kappa shape index (κ3) is 65.3. The summed E-state index contributed by atoms with van der Waals surface area (Å²) in [6, 6.07) is 0. The first-order valence-corrected chi connectivity index (χ1v) is 33.8. The monoisotopic (exact) mass is 1080 g/mol. The van der Waals surface area contributed by atoms with Crippen LogP contribution in [0.5, 0.6) is 0 Å². The zero-order valence-corrected chi connectivity index (χ0v) is 51.7.